The largest absolute Gasteiger partial charge is 0.384 e. The van der Waals surface area contributed by atoms with Crippen LogP contribution in [0.25, 0.3) is 0 Å². The second kappa shape index (κ2) is 9.01. The zero-order chi connectivity index (χ0) is 19.3. The van der Waals surface area contributed by atoms with Crippen molar-refractivity contribution in [1.29, 1.82) is 0 Å². The van der Waals surface area contributed by atoms with E-state index < -0.39 is 10.0 Å². The molecule has 1 unspecified atom stereocenters. The highest BCUT2D eigenvalue weighted by atomic mass is 32.2. The van der Waals surface area contributed by atoms with E-state index in [4.69, 9.17) is 4.74 Å². The van der Waals surface area contributed by atoms with Gasteiger partial charge in [0.1, 0.15) is 0 Å². The first kappa shape index (κ1) is 20.1. The smallest absolute Gasteiger partial charge is 0.243 e. The summed E-state index contributed by atoms with van der Waals surface area (Å²) in [4.78, 5) is 12.8. The first-order valence-electron chi connectivity index (χ1n) is 9.49. The molecule has 0 saturated carbocycles. The maximum atomic E-state index is 12.9. The van der Waals surface area contributed by atoms with Gasteiger partial charge in [-0.15, -0.1) is 0 Å². The lowest BCUT2D eigenvalue weighted by Crippen LogP contribution is -2.40. The Hall–Kier alpha value is -1.68. The highest BCUT2D eigenvalue weighted by Gasteiger charge is 2.28. The van der Waals surface area contributed by atoms with Gasteiger partial charge in [-0.2, -0.15) is 4.31 Å². The van der Waals surface area contributed by atoms with Crippen LogP contribution in [0.3, 0.4) is 0 Å². The maximum absolute atomic E-state index is 12.9. The number of nitrogens with one attached hydrogen (secondary N) is 3. The number of carbonyl (C=O) groups is 1. The number of ether oxygens (including phenoxy) is 1. The molecule has 3 rings (SSSR count). The quantitative estimate of drug-likeness (QED) is 0.665. The van der Waals surface area contributed by atoms with E-state index in [0.29, 0.717) is 45.1 Å². The van der Waals surface area contributed by atoms with Crippen molar-refractivity contribution in [3.8, 4) is 0 Å². The Morgan fingerprint density at radius 3 is 2.74 bits per heavy atom. The summed E-state index contributed by atoms with van der Waals surface area (Å²) in [6, 6.07) is 4.85. The summed E-state index contributed by atoms with van der Waals surface area (Å²) >= 11 is 0. The van der Waals surface area contributed by atoms with E-state index in [-0.39, 0.29) is 16.7 Å². The van der Waals surface area contributed by atoms with E-state index >= 15 is 0 Å². The SMILES string of the molecule is CCNc1ccc(S(=O)(=O)N2CCOCC2)cc1NC(=O)C1CCCNC1. The summed E-state index contributed by atoms with van der Waals surface area (Å²) in [6.07, 6.45) is 1.80. The monoisotopic (exact) mass is 396 g/mol. The Labute approximate surface area is 160 Å². The molecule has 2 heterocycles. The molecule has 0 radical (unpaired) electrons. The third kappa shape index (κ3) is 4.78. The van der Waals surface area contributed by atoms with Gasteiger partial charge in [0, 0.05) is 26.2 Å². The minimum atomic E-state index is -3.61. The van der Waals surface area contributed by atoms with Gasteiger partial charge in [-0.1, -0.05) is 0 Å². The van der Waals surface area contributed by atoms with E-state index in [1.165, 1.54) is 4.31 Å². The molecule has 1 aromatic carbocycles. The topological polar surface area (TPSA) is 99.8 Å². The summed E-state index contributed by atoms with van der Waals surface area (Å²) in [6.45, 7) is 5.67. The lowest BCUT2D eigenvalue weighted by Gasteiger charge is -2.27. The Kier molecular flexibility index (Phi) is 6.69. The number of hydrogen-bond donors (Lipinski definition) is 3. The zero-order valence-corrected chi connectivity index (χ0v) is 16.5. The van der Waals surface area contributed by atoms with Gasteiger partial charge < -0.3 is 20.7 Å². The van der Waals surface area contributed by atoms with E-state index in [1.807, 2.05) is 6.92 Å². The number of anilines is 2. The molecule has 3 N–H and O–H groups in total. The van der Waals surface area contributed by atoms with Crippen LogP contribution in [-0.2, 0) is 19.6 Å². The van der Waals surface area contributed by atoms with Crippen LogP contribution in [0.2, 0.25) is 0 Å². The molecule has 1 aromatic rings. The van der Waals surface area contributed by atoms with Gasteiger partial charge in [0.2, 0.25) is 15.9 Å². The fraction of sp³-hybridized carbons (Fsp3) is 0.611. The summed E-state index contributed by atoms with van der Waals surface area (Å²) in [5.74, 6) is -0.185. The van der Waals surface area contributed by atoms with E-state index in [0.717, 1.165) is 25.1 Å². The molecule has 0 spiro atoms. The Balaban J connectivity index is 1.84. The van der Waals surface area contributed by atoms with Crippen molar-refractivity contribution in [1.82, 2.24) is 9.62 Å². The standard InChI is InChI=1S/C18H28N4O4S/c1-2-20-16-6-5-15(27(24,25)22-8-10-26-11-9-22)12-17(16)21-18(23)14-4-3-7-19-13-14/h5-6,12,14,19-20H,2-4,7-11,13H2,1H3,(H,21,23). The average Bonchev–Trinajstić information content (AvgIpc) is 2.70. The van der Waals surface area contributed by atoms with Crippen molar-refractivity contribution < 1.29 is 17.9 Å². The molecule has 0 bridgehead atoms. The number of sulfonamides is 1. The second-order valence-corrected chi connectivity index (χ2v) is 8.72. The third-order valence-corrected chi connectivity index (χ3v) is 6.79. The number of morpholine rings is 1. The summed E-state index contributed by atoms with van der Waals surface area (Å²) in [7, 11) is -3.61. The molecule has 9 heteroatoms. The van der Waals surface area contributed by atoms with Crippen molar-refractivity contribution in [3.63, 3.8) is 0 Å². The Morgan fingerprint density at radius 2 is 2.07 bits per heavy atom. The molecule has 1 amide bonds. The van der Waals surface area contributed by atoms with Crippen LogP contribution >= 0.6 is 0 Å². The molecule has 1 atom stereocenters. The molecule has 27 heavy (non-hydrogen) atoms. The van der Waals surface area contributed by atoms with Gasteiger partial charge in [0.05, 0.1) is 35.4 Å². The van der Waals surface area contributed by atoms with Crippen LogP contribution in [0.1, 0.15) is 19.8 Å². The molecule has 2 aliphatic heterocycles. The van der Waals surface area contributed by atoms with E-state index in [1.54, 1.807) is 18.2 Å². The molecular weight excluding hydrogens is 368 g/mol. The molecule has 0 aromatic heterocycles. The fourth-order valence-electron chi connectivity index (χ4n) is 3.38. The fourth-order valence-corrected chi connectivity index (χ4v) is 4.81. The first-order chi connectivity index (χ1) is 13.0. The lowest BCUT2D eigenvalue weighted by atomic mass is 9.99. The molecule has 0 aliphatic carbocycles. The molecule has 150 valence electrons. The van der Waals surface area contributed by atoms with Crippen LogP contribution in [0.5, 0.6) is 0 Å². The normalized spacial score (nSPS) is 21.6. The maximum Gasteiger partial charge on any atom is 0.243 e. The van der Waals surface area contributed by atoms with Crippen LogP contribution in [0.15, 0.2) is 23.1 Å². The highest BCUT2D eigenvalue weighted by Crippen LogP contribution is 2.28. The number of amides is 1. The minimum absolute atomic E-state index is 0.0812. The van der Waals surface area contributed by atoms with Crippen molar-refractivity contribution >= 4 is 27.3 Å². The van der Waals surface area contributed by atoms with Gasteiger partial charge in [-0.3, -0.25) is 4.79 Å². The number of hydrogen-bond acceptors (Lipinski definition) is 6. The van der Waals surface area contributed by atoms with Crippen molar-refractivity contribution in [2.24, 2.45) is 5.92 Å². The highest BCUT2D eigenvalue weighted by molar-refractivity contribution is 7.89. The Bertz CT molecular complexity index is 757. The van der Waals surface area contributed by atoms with Crippen LogP contribution in [0.4, 0.5) is 11.4 Å². The third-order valence-electron chi connectivity index (χ3n) is 4.89. The Morgan fingerprint density at radius 1 is 1.30 bits per heavy atom. The van der Waals surface area contributed by atoms with Gasteiger partial charge in [-0.25, -0.2) is 8.42 Å². The van der Waals surface area contributed by atoms with Gasteiger partial charge >= 0.3 is 0 Å². The number of nitrogens with zero attached hydrogens (tertiary/aromatic N) is 1. The predicted molar refractivity (Wildman–Crippen MR) is 104 cm³/mol. The molecular formula is C18H28N4O4S. The summed E-state index contributed by atoms with van der Waals surface area (Å²) in [5, 5.41) is 9.34. The first-order valence-corrected chi connectivity index (χ1v) is 10.9. The van der Waals surface area contributed by atoms with Crippen molar-refractivity contribution in [2.45, 2.75) is 24.7 Å². The van der Waals surface area contributed by atoms with Crippen molar-refractivity contribution in [3.05, 3.63) is 18.2 Å². The van der Waals surface area contributed by atoms with Crippen LogP contribution < -0.4 is 16.0 Å². The van der Waals surface area contributed by atoms with Gasteiger partial charge in [-0.05, 0) is 44.5 Å². The van der Waals surface area contributed by atoms with Gasteiger partial charge in [0.25, 0.3) is 0 Å². The van der Waals surface area contributed by atoms with Gasteiger partial charge in [0.15, 0.2) is 0 Å². The molecule has 2 saturated heterocycles. The van der Waals surface area contributed by atoms with Crippen LogP contribution in [-0.4, -0.2) is 64.6 Å². The predicted octanol–water partition coefficient (Wildman–Crippen LogP) is 1.08. The number of benzene rings is 1. The van der Waals surface area contributed by atoms with Crippen molar-refractivity contribution in [2.75, 3.05) is 56.6 Å². The molecule has 2 aliphatic rings. The minimum Gasteiger partial charge on any atom is -0.384 e. The number of piperidine rings is 1. The average molecular weight is 397 g/mol. The van der Waals surface area contributed by atoms with E-state index in [2.05, 4.69) is 16.0 Å². The zero-order valence-electron chi connectivity index (χ0n) is 15.7. The molecule has 2 fully saturated rings. The van der Waals surface area contributed by atoms with Crippen LogP contribution in [0, 0.1) is 5.92 Å². The lowest BCUT2D eigenvalue weighted by molar-refractivity contribution is -0.120. The van der Waals surface area contributed by atoms with E-state index in [9.17, 15) is 13.2 Å². The molecule has 8 nitrogen and oxygen atoms in total. The summed E-state index contributed by atoms with van der Waals surface area (Å²) in [5.41, 5.74) is 1.22. The summed E-state index contributed by atoms with van der Waals surface area (Å²) < 4.78 is 32.5. The number of rotatable bonds is 6. The number of carbonyl (C=O) groups excluding carboxylic acids is 1. The second-order valence-electron chi connectivity index (χ2n) is 6.79.